The molecule has 0 unspecified atom stereocenters. The van der Waals surface area contributed by atoms with Crippen LogP contribution in [0.4, 0.5) is 0 Å². The lowest BCUT2D eigenvalue weighted by Gasteiger charge is -1.96. The van der Waals surface area contributed by atoms with Crippen LogP contribution in [-0.4, -0.2) is 29.2 Å². The molecule has 22 heavy (non-hydrogen) atoms. The van der Waals surface area contributed by atoms with Gasteiger partial charge in [-0.2, -0.15) is 4.98 Å². The molecule has 0 spiro atoms. The highest BCUT2D eigenvalue weighted by Gasteiger charge is 2.19. The fourth-order valence-corrected chi connectivity index (χ4v) is 1.84. The molecule has 0 aliphatic carbocycles. The SMILES string of the molecule is CO/N=C(/c1ccco1)c1nc(-c2ccc(C=O)cc2)no1. The molecule has 3 rings (SSSR count). The largest absolute Gasteiger partial charge is 0.462 e. The Bertz CT molecular complexity index is 789. The molecular weight excluding hydrogens is 286 g/mol. The van der Waals surface area contributed by atoms with E-state index >= 15 is 0 Å². The number of aromatic nitrogens is 2. The molecule has 2 heterocycles. The number of benzene rings is 1. The van der Waals surface area contributed by atoms with Crippen LogP contribution in [0.5, 0.6) is 0 Å². The maximum absolute atomic E-state index is 10.7. The van der Waals surface area contributed by atoms with Gasteiger partial charge in [-0.05, 0) is 12.1 Å². The third kappa shape index (κ3) is 2.64. The number of furan rings is 1. The molecule has 0 fully saturated rings. The second-order valence-corrected chi connectivity index (χ2v) is 4.26. The monoisotopic (exact) mass is 297 g/mol. The predicted octanol–water partition coefficient (Wildman–Crippen LogP) is 2.54. The molecule has 0 amide bonds. The summed E-state index contributed by atoms with van der Waals surface area (Å²) < 4.78 is 10.5. The first-order valence-electron chi connectivity index (χ1n) is 6.36. The Morgan fingerprint density at radius 2 is 2.09 bits per heavy atom. The maximum Gasteiger partial charge on any atom is 0.284 e. The number of hydrogen-bond donors (Lipinski definition) is 0. The molecule has 0 aliphatic rings. The first kappa shape index (κ1) is 13.7. The Hall–Kier alpha value is -3.22. The van der Waals surface area contributed by atoms with Crippen LogP contribution in [0.3, 0.4) is 0 Å². The smallest absolute Gasteiger partial charge is 0.284 e. The Labute approximate surface area is 125 Å². The standard InChI is InChI=1S/C15H11N3O4/c1-20-17-13(12-3-2-8-21-12)15-16-14(18-22-15)11-6-4-10(9-19)5-7-11/h2-9H,1H3/b17-13-. The van der Waals surface area contributed by atoms with Gasteiger partial charge in [0.2, 0.25) is 11.5 Å². The lowest BCUT2D eigenvalue weighted by Crippen LogP contribution is -2.03. The molecule has 3 aromatic rings. The maximum atomic E-state index is 10.7. The molecule has 2 aromatic heterocycles. The van der Waals surface area contributed by atoms with E-state index in [9.17, 15) is 4.79 Å². The molecule has 0 aliphatic heterocycles. The van der Waals surface area contributed by atoms with Gasteiger partial charge < -0.3 is 13.8 Å². The first-order valence-corrected chi connectivity index (χ1v) is 6.36. The summed E-state index contributed by atoms with van der Waals surface area (Å²) in [5.74, 6) is 1.00. The normalized spacial score (nSPS) is 11.4. The zero-order chi connectivity index (χ0) is 15.4. The van der Waals surface area contributed by atoms with Crippen molar-refractivity contribution in [1.82, 2.24) is 10.1 Å². The van der Waals surface area contributed by atoms with E-state index in [2.05, 4.69) is 15.3 Å². The van der Waals surface area contributed by atoms with Crippen molar-refractivity contribution in [2.24, 2.45) is 5.16 Å². The van der Waals surface area contributed by atoms with Crippen molar-refractivity contribution in [3.8, 4) is 11.4 Å². The molecule has 0 atom stereocenters. The molecule has 0 saturated carbocycles. The second-order valence-electron chi connectivity index (χ2n) is 4.26. The summed E-state index contributed by atoms with van der Waals surface area (Å²) in [7, 11) is 1.42. The number of rotatable bonds is 5. The highest BCUT2D eigenvalue weighted by Crippen LogP contribution is 2.18. The molecule has 1 aromatic carbocycles. The van der Waals surface area contributed by atoms with Gasteiger partial charge in [-0.3, -0.25) is 4.79 Å². The summed E-state index contributed by atoms with van der Waals surface area (Å²) >= 11 is 0. The Morgan fingerprint density at radius 3 is 2.73 bits per heavy atom. The van der Waals surface area contributed by atoms with E-state index in [0.717, 1.165) is 11.8 Å². The van der Waals surface area contributed by atoms with Crippen molar-refractivity contribution in [3.63, 3.8) is 0 Å². The summed E-state index contributed by atoms with van der Waals surface area (Å²) in [4.78, 5) is 19.7. The second kappa shape index (κ2) is 6.04. The van der Waals surface area contributed by atoms with Gasteiger partial charge >= 0.3 is 0 Å². The van der Waals surface area contributed by atoms with Gasteiger partial charge in [0.15, 0.2) is 5.76 Å². The predicted molar refractivity (Wildman–Crippen MR) is 76.5 cm³/mol. The molecule has 7 heteroatoms. The van der Waals surface area contributed by atoms with Crippen molar-refractivity contribution in [1.29, 1.82) is 0 Å². The quantitative estimate of drug-likeness (QED) is 0.408. The van der Waals surface area contributed by atoms with Gasteiger partial charge in [0.25, 0.3) is 5.89 Å². The Kier molecular flexibility index (Phi) is 3.78. The minimum absolute atomic E-state index is 0.172. The van der Waals surface area contributed by atoms with Crippen LogP contribution in [0.25, 0.3) is 11.4 Å². The van der Waals surface area contributed by atoms with Crippen LogP contribution in [0.2, 0.25) is 0 Å². The molecule has 0 radical (unpaired) electrons. The van der Waals surface area contributed by atoms with Crippen molar-refractivity contribution in [3.05, 3.63) is 59.9 Å². The van der Waals surface area contributed by atoms with Crippen LogP contribution < -0.4 is 0 Å². The molecule has 0 saturated heterocycles. The third-order valence-corrected chi connectivity index (χ3v) is 2.87. The fraction of sp³-hybridized carbons (Fsp3) is 0.0667. The summed E-state index contributed by atoms with van der Waals surface area (Å²) in [6.45, 7) is 0. The highest BCUT2D eigenvalue weighted by atomic mass is 16.6. The van der Waals surface area contributed by atoms with E-state index in [4.69, 9.17) is 13.8 Å². The molecule has 110 valence electrons. The summed E-state index contributed by atoms with van der Waals surface area (Å²) in [5, 5.41) is 7.75. The van der Waals surface area contributed by atoms with E-state index in [-0.39, 0.29) is 5.89 Å². The van der Waals surface area contributed by atoms with Gasteiger partial charge in [0.05, 0.1) is 6.26 Å². The number of oxime groups is 1. The zero-order valence-electron chi connectivity index (χ0n) is 11.6. The first-order chi connectivity index (χ1) is 10.8. The van der Waals surface area contributed by atoms with Crippen molar-refractivity contribution < 1.29 is 18.6 Å². The van der Waals surface area contributed by atoms with Crippen LogP contribution in [0.15, 0.2) is 56.8 Å². The van der Waals surface area contributed by atoms with E-state index in [1.807, 2.05) is 0 Å². The van der Waals surface area contributed by atoms with Gasteiger partial charge in [-0.25, -0.2) is 0 Å². The molecule has 0 N–H and O–H groups in total. The Morgan fingerprint density at radius 1 is 1.27 bits per heavy atom. The third-order valence-electron chi connectivity index (χ3n) is 2.87. The van der Waals surface area contributed by atoms with Crippen molar-refractivity contribution >= 4 is 12.0 Å². The van der Waals surface area contributed by atoms with Crippen LogP contribution >= 0.6 is 0 Å². The molecule has 0 bridgehead atoms. The van der Waals surface area contributed by atoms with E-state index < -0.39 is 0 Å². The minimum atomic E-state index is 0.172. The van der Waals surface area contributed by atoms with Crippen LogP contribution in [0.1, 0.15) is 22.0 Å². The average molecular weight is 297 g/mol. The number of aldehydes is 1. The number of nitrogens with zero attached hydrogens (tertiary/aromatic N) is 3. The van der Waals surface area contributed by atoms with E-state index in [0.29, 0.717) is 22.9 Å². The van der Waals surface area contributed by atoms with Crippen molar-refractivity contribution in [2.75, 3.05) is 7.11 Å². The number of carbonyl (C=O) groups excluding carboxylic acids is 1. The summed E-state index contributed by atoms with van der Waals surface area (Å²) in [5.41, 5.74) is 1.59. The fourth-order valence-electron chi connectivity index (χ4n) is 1.84. The lowest BCUT2D eigenvalue weighted by atomic mass is 10.1. The number of carbonyl (C=O) groups is 1. The Balaban J connectivity index is 1.95. The lowest BCUT2D eigenvalue weighted by molar-refractivity contribution is 0.112. The highest BCUT2D eigenvalue weighted by molar-refractivity contribution is 6.07. The average Bonchev–Trinajstić information content (AvgIpc) is 3.24. The van der Waals surface area contributed by atoms with Gasteiger partial charge in [0, 0.05) is 11.1 Å². The minimum Gasteiger partial charge on any atom is -0.462 e. The van der Waals surface area contributed by atoms with Gasteiger partial charge in [0.1, 0.15) is 13.4 Å². The van der Waals surface area contributed by atoms with Crippen LogP contribution in [-0.2, 0) is 4.84 Å². The molecule has 7 nitrogen and oxygen atoms in total. The molecular formula is C15H11N3O4. The topological polar surface area (TPSA) is 90.7 Å². The number of hydrogen-bond acceptors (Lipinski definition) is 7. The van der Waals surface area contributed by atoms with E-state index in [1.54, 1.807) is 36.4 Å². The summed E-state index contributed by atoms with van der Waals surface area (Å²) in [6, 6.07) is 10.2. The van der Waals surface area contributed by atoms with Crippen LogP contribution in [0, 0.1) is 0 Å². The van der Waals surface area contributed by atoms with Gasteiger partial charge in [-0.1, -0.05) is 34.6 Å². The van der Waals surface area contributed by atoms with Crippen molar-refractivity contribution in [2.45, 2.75) is 0 Å². The van der Waals surface area contributed by atoms with E-state index in [1.165, 1.54) is 13.4 Å². The summed E-state index contributed by atoms with van der Waals surface area (Å²) in [6.07, 6.45) is 2.28. The zero-order valence-corrected chi connectivity index (χ0v) is 11.6. The van der Waals surface area contributed by atoms with Gasteiger partial charge in [-0.15, -0.1) is 0 Å².